The average molecular weight is 237 g/mol. The Morgan fingerprint density at radius 3 is 2.53 bits per heavy atom. The summed E-state index contributed by atoms with van der Waals surface area (Å²) in [6.45, 7) is 12.0. The molecule has 0 saturated heterocycles. The van der Waals surface area contributed by atoms with Crippen LogP contribution in [0.5, 0.6) is 0 Å². The minimum absolute atomic E-state index is 0.0819. The van der Waals surface area contributed by atoms with Crippen molar-refractivity contribution in [2.45, 2.75) is 41.2 Å². The zero-order chi connectivity index (χ0) is 13.0. The van der Waals surface area contributed by atoms with Gasteiger partial charge in [-0.15, -0.1) is 0 Å². The third-order valence-electron chi connectivity index (χ3n) is 2.87. The number of rotatable bonds is 6. The number of carbonyl (C=O) groups excluding carboxylic acids is 1. The molecule has 0 saturated carbocycles. The SMILES string of the molecule is CCn1c(C)cc(C(=O)COCC(C)C)c1C. The molecule has 0 aliphatic carbocycles. The Kier molecular flexibility index (Phi) is 4.94. The van der Waals surface area contributed by atoms with Crippen molar-refractivity contribution in [1.82, 2.24) is 4.57 Å². The fraction of sp³-hybridized carbons (Fsp3) is 0.643. The van der Waals surface area contributed by atoms with Crippen LogP contribution in [-0.2, 0) is 11.3 Å². The fourth-order valence-electron chi connectivity index (χ4n) is 2.04. The maximum atomic E-state index is 12.0. The highest BCUT2D eigenvalue weighted by Crippen LogP contribution is 2.15. The molecule has 1 aromatic rings. The van der Waals surface area contributed by atoms with Gasteiger partial charge < -0.3 is 9.30 Å². The Labute approximate surface area is 104 Å². The molecule has 0 atom stereocenters. The Hall–Kier alpha value is -1.09. The molecule has 1 aromatic heterocycles. The lowest BCUT2D eigenvalue weighted by molar-refractivity contribution is 0.0705. The Balaban J connectivity index is 2.69. The van der Waals surface area contributed by atoms with Crippen molar-refractivity contribution in [1.29, 1.82) is 0 Å². The molecule has 96 valence electrons. The van der Waals surface area contributed by atoms with Gasteiger partial charge in [0.25, 0.3) is 0 Å². The summed E-state index contributed by atoms with van der Waals surface area (Å²) in [5, 5.41) is 0. The second-order valence-corrected chi connectivity index (χ2v) is 4.86. The number of ether oxygens (including phenoxy) is 1. The van der Waals surface area contributed by atoms with Crippen LogP contribution in [0.1, 0.15) is 42.5 Å². The van der Waals surface area contributed by atoms with Crippen LogP contribution in [0.15, 0.2) is 6.07 Å². The first-order valence-corrected chi connectivity index (χ1v) is 6.25. The van der Waals surface area contributed by atoms with Crippen LogP contribution >= 0.6 is 0 Å². The van der Waals surface area contributed by atoms with Crippen LogP contribution in [0.25, 0.3) is 0 Å². The summed E-state index contributed by atoms with van der Waals surface area (Å²) < 4.78 is 7.54. The Morgan fingerprint density at radius 2 is 2.06 bits per heavy atom. The van der Waals surface area contributed by atoms with Gasteiger partial charge in [0.05, 0.1) is 0 Å². The third kappa shape index (κ3) is 3.43. The summed E-state index contributed by atoms with van der Waals surface area (Å²) in [6, 6.07) is 1.96. The van der Waals surface area contributed by atoms with E-state index < -0.39 is 0 Å². The fourth-order valence-corrected chi connectivity index (χ4v) is 2.04. The van der Waals surface area contributed by atoms with Crippen molar-refractivity contribution in [3.63, 3.8) is 0 Å². The minimum Gasteiger partial charge on any atom is -0.373 e. The van der Waals surface area contributed by atoms with E-state index in [0.717, 1.165) is 23.5 Å². The van der Waals surface area contributed by atoms with E-state index >= 15 is 0 Å². The monoisotopic (exact) mass is 237 g/mol. The topological polar surface area (TPSA) is 31.2 Å². The molecule has 3 heteroatoms. The van der Waals surface area contributed by atoms with E-state index in [1.807, 2.05) is 19.9 Å². The molecule has 0 fully saturated rings. The van der Waals surface area contributed by atoms with Crippen molar-refractivity contribution in [2.75, 3.05) is 13.2 Å². The van der Waals surface area contributed by atoms with E-state index in [9.17, 15) is 4.79 Å². The van der Waals surface area contributed by atoms with Gasteiger partial charge in [-0.3, -0.25) is 4.79 Å². The highest BCUT2D eigenvalue weighted by atomic mass is 16.5. The van der Waals surface area contributed by atoms with Crippen molar-refractivity contribution in [2.24, 2.45) is 5.92 Å². The molecule has 0 amide bonds. The van der Waals surface area contributed by atoms with Crippen LogP contribution in [0.4, 0.5) is 0 Å². The summed E-state index contributed by atoms with van der Waals surface area (Å²) in [7, 11) is 0. The van der Waals surface area contributed by atoms with Crippen LogP contribution in [0.3, 0.4) is 0 Å². The summed E-state index contributed by atoms with van der Waals surface area (Å²) in [6.07, 6.45) is 0. The molecule has 0 N–H and O–H groups in total. The molecule has 3 nitrogen and oxygen atoms in total. The number of carbonyl (C=O) groups is 1. The van der Waals surface area contributed by atoms with E-state index in [4.69, 9.17) is 4.74 Å². The van der Waals surface area contributed by atoms with Gasteiger partial charge >= 0.3 is 0 Å². The number of hydrogen-bond acceptors (Lipinski definition) is 2. The van der Waals surface area contributed by atoms with Gasteiger partial charge in [0, 0.05) is 30.1 Å². The van der Waals surface area contributed by atoms with Gasteiger partial charge in [0.1, 0.15) is 6.61 Å². The summed E-state index contributed by atoms with van der Waals surface area (Å²) in [4.78, 5) is 12.0. The van der Waals surface area contributed by atoms with E-state index in [1.54, 1.807) is 0 Å². The lowest BCUT2D eigenvalue weighted by atomic mass is 10.1. The first-order valence-electron chi connectivity index (χ1n) is 6.25. The van der Waals surface area contributed by atoms with Gasteiger partial charge in [-0.2, -0.15) is 0 Å². The van der Waals surface area contributed by atoms with Gasteiger partial charge in [-0.05, 0) is 32.8 Å². The molecule has 0 bridgehead atoms. The molecule has 17 heavy (non-hydrogen) atoms. The zero-order valence-corrected chi connectivity index (χ0v) is 11.5. The highest BCUT2D eigenvalue weighted by Gasteiger charge is 2.14. The Bertz CT molecular complexity index is 391. The second kappa shape index (κ2) is 6.01. The largest absolute Gasteiger partial charge is 0.373 e. The maximum absolute atomic E-state index is 12.0. The number of ketones is 1. The zero-order valence-electron chi connectivity index (χ0n) is 11.5. The van der Waals surface area contributed by atoms with Crippen LogP contribution in [-0.4, -0.2) is 23.6 Å². The maximum Gasteiger partial charge on any atom is 0.190 e. The van der Waals surface area contributed by atoms with Gasteiger partial charge in [0.15, 0.2) is 5.78 Å². The third-order valence-corrected chi connectivity index (χ3v) is 2.87. The second-order valence-electron chi connectivity index (χ2n) is 4.86. The van der Waals surface area contributed by atoms with E-state index in [0.29, 0.717) is 12.5 Å². The number of aryl methyl sites for hydroxylation is 1. The molecule has 0 spiro atoms. The summed E-state index contributed by atoms with van der Waals surface area (Å²) in [5.41, 5.74) is 2.98. The molecular formula is C14H23NO2. The van der Waals surface area contributed by atoms with Crippen LogP contribution in [0.2, 0.25) is 0 Å². The molecule has 0 radical (unpaired) electrons. The lowest BCUT2D eigenvalue weighted by Gasteiger charge is -2.07. The molecule has 0 aliphatic heterocycles. The van der Waals surface area contributed by atoms with E-state index in [2.05, 4.69) is 25.3 Å². The number of Topliss-reactive ketones (excluding diaryl/α,β-unsaturated/α-hetero) is 1. The summed E-state index contributed by atoms with van der Waals surface area (Å²) in [5.74, 6) is 0.546. The number of hydrogen-bond donors (Lipinski definition) is 0. The lowest BCUT2D eigenvalue weighted by Crippen LogP contribution is -2.13. The molecule has 0 aliphatic rings. The van der Waals surface area contributed by atoms with Gasteiger partial charge in [0.2, 0.25) is 0 Å². The van der Waals surface area contributed by atoms with Crippen LogP contribution in [0, 0.1) is 19.8 Å². The van der Waals surface area contributed by atoms with Gasteiger partial charge in [-0.1, -0.05) is 13.8 Å². The smallest absolute Gasteiger partial charge is 0.190 e. The molecular weight excluding hydrogens is 214 g/mol. The first-order chi connectivity index (χ1) is 7.97. The normalized spacial score (nSPS) is 11.2. The first kappa shape index (κ1) is 14.0. The van der Waals surface area contributed by atoms with E-state index in [1.165, 1.54) is 0 Å². The standard InChI is InChI=1S/C14H23NO2/c1-6-15-11(4)7-13(12(15)5)14(16)9-17-8-10(2)3/h7,10H,6,8-9H2,1-5H3. The molecule has 0 aromatic carbocycles. The van der Waals surface area contributed by atoms with Crippen molar-refractivity contribution in [3.05, 3.63) is 23.0 Å². The molecule has 1 heterocycles. The predicted octanol–water partition coefficient (Wildman–Crippen LogP) is 2.98. The molecule has 0 unspecified atom stereocenters. The van der Waals surface area contributed by atoms with Gasteiger partial charge in [-0.25, -0.2) is 0 Å². The predicted molar refractivity (Wildman–Crippen MR) is 69.6 cm³/mol. The Morgan fingerprint density at radius 1 is 1.41 bits per heavy atom. The number of nitrogens with zero attached hydrogens (tertiary/aromatic N) is 1. The minimum atomic E-state index is 0.0819. The quantitative estimate of drug-likeness (QED) is 0.712. The highest BCUT2D eigenvalue weighted by molar-refractivity contribution is 5.98. The summed E-state index contributed by atoms with van der Waals surface area (Å²) >= 11 is 0. The van der Waals surface area contributed by atoms with Crippen molar-refractivity contribution >= 4 is 5.78 Å². The molecule has 1 rings (SSSR count). The van der Waals surface area contributed by atoms with E-state index in [-0.39, 0.29) is 12.4 Å². The van der Waals surface area contributed by atoms with Crippen molar-refractivity contribution < 1.29 is 9.53 Å². The average Bonchev–Trinajstić information content (AvgIpc) is 2.53. The van der Waals surface area contributed by atoms with Crippen molar-refractivity contribution in [3.8, 4) is 0 Å². The number of aromatic nitrogens is 1. The van der Waals surface area contributed by atoms with Crippen LogP contribution < -0.4 is 0 Å².